The molecule has 0 amide bonds. The number of nitriles is 1. The van der Waals surface area contributed by atoms with Gasteiger partial charge in [0.25, 0.3) is 0 Å². The van der Waals surface area contributed by atoms with Crippen LogP contribution in [-0.4, -0.2) is 0 Å². The summed E-state index contributed by atoms with van der Waals surface area (Å²) in [4.78, 5) is 0. The summed E-state index contributed by atoms with van der Waals surface area (Å²) in [5, 5.41) is 9.97. The Morgan fingerprint density at radius 3 is 2.47 bits per heavy atom. The van der Waals surface area contributed by atoms with Gasteiger partial charge in [0, 0.05) is 9.50 Å². The molecule has 78 valence electrons. The molecule has 0 bridgehead atoms. The molecule has 2 rings (SSSR count). The quantitative estimate of drug-likeness (QED) is 0.755. The van der Waals surface area contributed by atoms with Crippen molar-refractivity contribution in [2.24, 2.45) is 0 Å². The highest BCUT2D eigenvalue weighted by atomic mass is 79.9. The summed E-state index contributed by atoms with van der Waals surface area (Å²) < 4.78 is 0.995. The number of rotatable bonds is 1. The Kier molecular flexibility index (Phi) is 2.56. The number of halogens is 2. The van der Waals surface area contributed by atoms with Gasteiger partial charge in [0.15, 0.2) is 0 Å². The molecule has 0 saturated heterocycles. The lowest BCUT2D eigenvalue weighted by molar-refractivity contribution is 0.880. The van der Waals surface area contributed by atoms with E-state index in [4.69, 9.17) is 11.6 Å². The molecule has 0 N–H and O–H groups in total. The van der Waals surface area contributed by atoms with E-state index in [1.54, 1.807) is 0 Å². The van der Waals surface area contributed by atoms with Crippen LogP contribution in [0.25, 0.3) is 0 Å². The number of hydrogen-bond acceptors (Lipinski definition) is 1. The molecule has 1 aliphatic carbocycles. The highest BCUT2D eigenvalue weighted by Gasteiger charge is 2.47. The predicted molar refractivity (Wildman–Crippen MR) is 65.2 cm³/mol. The molecule has 1 saturated carbocycles. The lowest BCUT2D eigenvalue weighted by Gasteiger charge is -2.16. The minimum atomic E-state index is -0.262. The zero-order valence-electron chi connectivity index (χ0n) is 8.69. The molecule has 15 heavy (non-hydrogen) atoms. The first-order valence-electron chi connectivity index (χ1n) is 4.89. The van der Waals surface area contributed by atoms with Crippen molar-refractivity contribution in [1.29, 1.82) is 5.26 Å². The smallest absolute Gasteiger partial charge is 0.0829 e. The second kappa shape index (κ2) is 3.50. The van der Waals surface area contributed by atoms with Crippen LogP contribution < -0.4 is 0 Å². The van der Waals surface area contributed by atoms with Crippen molar-refractivity contribution in [2.45, 2.75) is 32.1 Å². The van der Waals surface area contributed by atoms with E-state index in [-0.39, 0.29) is 5.41 Å². The summed E-state index contributed by atoms with van der Waals surface area (Å²) in [5.74, 6) is 0. The Morgan fingerprint density at radius 2 is 2.00 bits per heavy atom. The summed E-state index contributed by atoms with van der Waals surface area (Å²) in [6, 6.07) is 4.33. The van der Waals surface area contributed by atoms with Crippen LogP contribution in [0.1, 0.15) is 29.5 Å². The topological polar surface area (TPSA) is 23.8 Å². The van der Waals surface area contributed by atoms with E-state index in [1.165, 1.54) is 0 Å². The standard InChI is InChI=1S/C12H11BrClN/c1-7-9(13)5-10(14)8(2)11(7)12(6-15)3-4-12/h5H,3-4H2,1-2H3. The maximum atomic E-state index is 9.23. The maximum absolute atomic E-state index is 9.23. The van der Waals surface area contributed by atoms with Crippen molar-refractivity contribution in [3.8, 4) is 6.07 Å². The third kappa shape index (κ3) is 1.58. The Morgan fingerprint density at radius 1 is 1.40 bits per heavy atom. The zero-order valence-corrected chi connectivity index (χ0v) is 11.0. The van der Waals surface area contributed by atoms with Crippen LogP contribution in [0.2, 0.25) is 5.02 Å². The van der Waals surface area contributed by atoms with Crippen LogP contribution in [0.15, 0.2) is 10.5 Å². The van der Waals surface area contributed by atoms with Crippen LogP contribution in [0.3, 0.4) is 0 Å². The minimum Gasteiger partial charge on any atom is -0.197 e. The molecule has 1 nitrogen and oxygen atoms in total. The molecule has 3 heteroatoms. The van der Waals surface area contributed by atoms with Crippen molar-refractivity contribution >= 4 is 27.5 Å². The van der Waals surface area contributed by atoms with Gasteiger partial charge in [0.2, 0.25) is 0 Å². The van der Waals surface area contributed by atoms with Crippen LogP contribution in [0, 0.1) is 25.2 Å². The fourth-order valence-electron chi connectivity index (χ4n) is 2.11. The molecule has 1 aliphatic rings. The third-order valence-electron chi connectivity index (χ3n) is 3.16. The molecule has 1 aromatic carbocycles. The molecule has 0 heterocycles. The van der Waals surface area contributed by atoms with Crippen molar-refractivity contribution < 1.29 is 0 Å². The van der Waals surface area contributed by atoms with Gasteiger partial charge in [-0.15, -0.1) is 0 Å². The van der Waals surface area contributed by atoms with Crippen LogP contribution in [0.4, 0.5) is 0 Å². The van der Waals surface area contributed by atoms with Crippen LogP contribution >= 0.6 is 27.5 Å². The van der Waals surface area contributed by atoms with Gasteiger partial charge >= 0.3 is 0 Å². The van der Waals surface area contributed by atoms with Gasteiger partial charge in [-0.25, -0.2) is 0 Å². The predicted octanol–water partition coefficient (Wildman–Crippen LogP) is 4.27. The fourth-order valence-corrected chi connectivity index (χ4v) is 2.87. The molecule has 1 aromatic rings. The average Bonchev–Trinajstić information content (AvgIpc) is 2.96. The van der Waals surface area contributed by atoms with E-state index >= 15 is 0 Å². The first kappa shape index (κ1) is 11.0. The first-order chi connectivity index (χ1) is 7.02. The summed E-state index contributed by atoms with van der Waals surface area (Å²) in [7, 11) is 0. The molecule has 0 spiro atoms. The Bertz CT molecular complexity index is 443. The van der Waals surface area contributed by atoms with E-state index in [1.807, 2.05) is 19.9 Å². The number of hydrogen-bond donors (Lipinski definition) is 0. The van der Waals surface area contributed by atoms with Gasteiger partial charge in [-0.05, 0) is 49.4 Å². The first-order valence-corrected chi connectivity index (χ1v) is 6.06. The van der Waals surface area contributed by atoms with E-state index in [0.717, 1.165) is 39.0 Å². The van der Waals surface area contributed by atoms with Gasteiger partial charge in [0.1, 0.15) is 0 Å². The van der Waals surface area contributed by atoms with E-state index in [2.05, 4.69) is 22.0 Å². The highest BCUT2D eigenvalue weighted by Crippen LogP contribution is 2.51. The van der Waals surface area contributed by atoms with Gasteiger partial charge in [-0.3, -0.25) is 0 Å². The molecule has 0 unspecified atom stereocenters. The second-order valence-corrected chi connectivity index (χ2v) is 5.42. The molecular formula is C12H11BrClN. The third-order valence-corrected chi connectivity index (χ3v) is 4.38. The van der Waals surface area contributed by atoms with E-state index in [0.29, 0.717) is 0 Å². The summed E-state index contributed by atoms with van der Waals surface area (Å²) in [5.41, 5.74) is 3.07. The van der Waals surface area contributed by atoms with Crippen LogP contribution in [0.5, 0.6) is 0 Å². The summed E-state index contributed by atoms with van der Waals surface area (Å²) in [6.45, 7) is 4.04. The van der Waals surface area contributed by atoms with Gasteiger partial charge in [-0.1, -0.05) is 27.5 Å². The lowest BCUT2D eigenvalue weighted by Crippen LogP contribution is -2.08. The zero-order chi connectivity index (χ0) is 11.2. The van der Waals surface area contributed by atoms with Crippen molar-refractivity contribution in [1.82, 2.24) is 0 Å². The van der Waals surface area contributed by atoms with Gasteiger partial charge in [-0.2, -0.15) is 5.26 Å². The van der Waals surface area contributed by atoms with Gasteiger partial charge < -0.3 is 0 Å². The van der Waals surface area contributed by atoms with E-state index < -0.39 is 0 Å². The fraction of sp³-hybridized carbons (Fsp3) is 0.417. The molecule has 1 fully saturated rings. The molecule has 0 aliphatic heterocycles. The maximum Gasteiger partial charge on any atom is 0.0829 e. The van der Waals surface area contributed by atoms with Gasteiger partial charge in [0.05, 0.1) is 11.5 Å². The summed E-state index contributed by atoms with van der Waals surface area (Å²) in [6.07, 6.45) is 1.91. The monoisotopic (exact) mass is 283 g/mol. The second-order valence-electron chi connectivity index (χ2n) is 4.16. The van der Waals surface area contributed by atoms with E-state index in [9.17, 15) is 5.26 Å². The van der Waals surface area contributed by atoms with Crippen molar-refractivity contribution in [3.63, 3.8) is 0 Å². The Balaban J connectivity index is 2.71. The average molecular weight is 285 g/mol. The molecular weight excluding hydrogens is 273 g/mol. The normalized spacial score (nSPS) is 17.3. The lowest BCUT2D eigenvalue weighted by atomic mass is 9.89. The largest absolute Gasteiger partial charge is 0.197 e. The number of benzene rings is 1. The van der Waals surface area contributed by atoms with Crippen molar-refractivity contribution in [2.75, 3.05) is 0 Å². The molecule has 0 aromatic heterocycles. The minimum absolute atomic E-state index is 0.262. The SMILES string of the molecule is Cc1c(Cl)cc(Br)c(C)c1C1(C#N)CC1. The van der Waals surface area contributed by atoms with Crippen LogP contribution in [-0.2, 0) is 5.41 Å². The summed E-state index contributed by atoms with van der Waals surface area (Å²) >= 11 is 9.63. The Labute approximate surface area is 103 Å². The highest BCUT2D eigenvalue weighted by molar-refractivity contribution is 9.10. The number of nitrogens with zero attached hydrogens (tertiary/aromatic N) is 1. The Hall–Kier alpha value is -0.520. The molecule has 0 atom stereocenters. The molecule has 0 radical (unpaired) electrons. The van der Waals surface area contributed by atoms with Crippen molar-refractivity contribution in [3.05, 3.63) is 32.3 Å².